The molecule has 1 unspecified atom stereocenters. The summed E-state index contributed by atoms with van der Waals surface area (Å²) in [5.74, 6) is -1.45. The number of fused-ring (bicyclic) bond motifs is 3. The van der Waals surface area contributed by atoms with E-state index in [2.05, 4.69) is 22.5 Å². The Hall–Kier alpha value is -4.14. The minimum absolute atomic E-state index is 0.0126. The molecule has 0 spiro atoms. The van der Waals surface area contributed by atoms with Crippen LogP contribution in [0.2, 0.25) is 0 Å². The largest absolute Gasteiger partial charge is 0.481 e. The minimum Gasteiger partial charge on any atom is -0.481 e. The molecule has 9 heteroatoms. The number of carboxylic acids is 1. The second kappa shape index (κ2) is 9.61. The summed E-state index contributed by atoms with van der Waals surface area (Å²) in [4.78, 5) is 38.4. The van der Waals surface area contributed by atoms with Crippen molar-refractivity contribution in [3.8, 4) is 11.1 Å². The molecule has 0 bridgehead atoms. The van der Waals surface area contributed by atoms with E-state index >= 15 is 0 Å². The van der Waals surface area contributed by atoms with Crippen molar-refractivity contribution >= 4 is 18.0 Å². The molecule has 2 heterocycles. The van der Waals surface area contributed by atoms with Crippen LogP contribution < -0.4 is 5.32 Å². The number of likely N-dealkylation sites (tertiary alicyclic amines) is 1. The number of benzene rings is 2. The Bertz CT molecular complexity index is 1190. The van der Waals surface area contributed by atoms with E-state index in [0.29, 0.717) is 13.1 Å². The van der Waals surface area contributed by atoms with Crippen molar-refractivity contribution in [1.82, 2.24) is 20.0 Å². The maximum Gasteiger partial charge on any atom is 0.407 e. The summed E-state index contributed by atoms with van der Waals surface area (Å²) < 4.78 is 7.34. The molecular formula is C26H26N4O5. The number of aliphatic carboxylic acids is 1. The van der Waals surface area contributed by atoms with Crippen LogP contribution in [0, 0.1) is 0 Å². The zero-order chi connectivity index (χ0) is 24.4. The Morgan fingerprint density at radius 2 is 1.69 bits per heavy atom. The van der Waals surface area contributed by atoms with E-state index in [-0.39, 0.29) is 37.3 Å². The summed E-state index contributed by atoms with van der Waals surface area (Å²) in [6.45, 7) is 1.03. The van der Waals surface area contributed by atoms with Gasteiger partial charge in [-0.3, -0.25) is 14.3 Å². The summed E-state index contributed by atoms with van der Waals surface area (Å²) in [5, 5.41) is 15.9. The maximum atomic E-state index is 13.0. The maximum absolute atomic E-state index is 13.0. The van der Waals surface area contributed by atoms with Crippen LogP contribution in [-0.4, -0.2) is 63.5 Å². The number of hydrogen-bond donors (Lipinski definition) is 2. The van der Waals surface area contributed by atoms with E-state index in [4.69, 9.17) is 9.84 Å². The molecule has 9 nitrogen and oxygen atoms in total. The van der Waals surface area contributed by atoms with Gasteiger partial charge >= 0.3 is 12.1 Å². The highest BCUT2D eigenvalue weighted by molar-refractivity contribution is 5.87. The monoisotopic (exact) mass is 474 g/mol. The highest BCUT2D eigenvalue weighted by Crippen LogP contribution is 2.44. The van der Waals surface area contributed by atoms with Crippen molar-refractivity contribution in [1.29, 1.82) is 0 Å². The van der Waals surface area contributed by atoms with Crippen LogP contribution in [0.3, 0.4) is 0 Å². The predicted octanol–water partition coefficient (Wildman–Crippen LogP) is 3.04. The molecule has 3 aromatic rings. The Morgan fingerprint density at radius 1 is 1.03 bits per heavy atom. The molecule has 1 saturated heterocycles. The van der Waals surface area contributed by atoms with E-state index in [9.17, 15) is 14.4 Å². The summed E-state index contributed by atoms with van der Waals surface area (Å²) in [6, 6.07) is 17.0. The van der Waals surface area contributed by atoms with Crippen LogP contribution in [0.15, 0.2) is 67.0 Å². The molecule has 5 rings (SSSR count). The standard InChI is InChI=1S/C26H26N4O5/c31-24(32)11-10-23(25(33)29-14-17(15-29)30-13-5-12-27-30)28-26(34)35-16-22-20-8-3-1-6-18(20)19-7-2-4-9-21(19)22/h1-9,12-13,17,22-23H,10-11,14-16H2,(H,28,34)(H,31,32). The number of hydrogen-bond acceptors (Lipinski definition) is 5. The van der Waals surface area contributed by atoms with Crippen LogP contribution in [0.25, 0.3) is 11.1 Å². The van der Waals surface area contributed by atoms with Gasteiger partial charge in [0.15, 0.2) is 0 Å². The Labute approximate surface area is 202 Å². The molecule has 180 valence electrons. The molecule has 2 N–H and O–H groups in total. The predicted molar refractivity (Wildman–Crippen MR) is 127 cm³/mol. The molecule has 1 fully saturated rings. The summed E-state index contributed by atoms with van der Waals surface area (Å²) in [5.41, 5.74) is 4.42. The number of alkyl carbamates (subject to hydrolysis) is 1. The summed E-state index contributed by atoms with van der Waals surface area (Å²) in [6.07, 6.45) is 2.53. The topological polar surface area (TPSA) is 114 Å². The van der Waals surface area contributed by atoms with Crippen molar-refractivity contribution in [2.75, 3.05) is 19.7 Å². The summed E-state index contributed by atoms with van der Waals surface area (Å²) >= 11 is 0. The Kier molecular flexibility index (Phi) is 6.22. The molecular weight excluding hydrogens is 448 g/mol. The van der Waals surface area contributed by atoms with E-state index in [1.54, 1.807) is 15.8 Å². The molecule has 0 saturated carbocycles. The van der Waals surface area contributed by atoms with Crippen molar-refractivity contribution in [2.45, 2.75) is 30.8 Å². The minimum atomic E-state index is -1.03. The average Bonchev–Trinajstić information content (AvgIpc) is 3.46. The van der Waals surface area contributed by atoms with Gasteiger partial charge in [-0.15, -0.1) is 0 Å². The number of aromatic nitrogens is 2. The normalized spacial score (nSPS) is 15.6. The number of carbonyl (C=O) groups excluding carboxylic acids is 2. The Balaban J connectivity index is 1.22. The van der Waals surface area contributed by atoms with Gasteiger partial charge in [0.2, 0.25) is 5.91 Å². The molecule has 2 amide bonds. The third-order valence-electron chi connectivity index (χ3n) is 6.65. The first-order valence-corrected chi connectivity index (χ1v) is 11.6. The number of nitrogens with one attached hydrogen (secondary N) is 1. The molecule has 1 atom stereocenters. The van der Waals surface area contributed by atoms with Crippen LogP contribution in [0.4, 0.5) is 4.79 Å². The summed E-state index contributed by atoms with van der Waals surface area (Å²) in [7, 11) is 0. The number of amides is 2. The number of carboxylic acid groups (broad SMARTS) is 1. The van der Waals surface area contributed by atoms with Crippen molar-refractivity contribution in [2.24, 2.45) is 0 Å². The fraction of sp³-hybridized carbons (Fsp3) is 0.308. The fourth-order valence-corrected chi connectivity index (χ4v) is 4.83. The third kappa shape index (κ3) is 4.62. The molecule has 0 radical (unpaired) electrons. The van der Waals surface area contributed by atoms with Crippen molar-refractivity contribution in [3.63, 3.8) is 0 Å². The fourth-order valence-electron chi connectivity index (χ4n) is 4.83. The SMILES string of the molecule is O=C(O)CCC(NC(=O)OCC1c2ccccc2-c2ccccc21)C(=O)N1CC(n2cccn2)C1. The number of ether oxygens (including phenoxy) is 1. The van der Waals surface area contributed by atoms with E-state index in [1.165, 1.54) is 0 Å². The highest BCUT2D eigenvalue weighted by Gasteiger charge is 2.37. The lowest BCUT2D eigenvalue weighted by molar-refractivity contribution is -0.140. The van der Waals surface area contributed by atoms with Crippen LogP contribution in [-0.2, 0) is 14.3 Å². The van der Waals surface area contributed by atoms with Gasteiger partial charge < -0.3 is 20.1 Å². The van der Waals surface area contributed by atoms with Crippen molar-refractivity contribution in [3.05, 3.63) is 78.1 Å². The van der Waals surface area contributed by atoms with Crippen LogP contribution >= 0.6 is 0 Å². The molecule has 1 aliphatic carbocycles. The zero-order valence-corrected chi connectivity index (χ0v) is 19.0. The number of nitrogens with zero attached hydrogens (tertiary/aromatic N) is 3. The zero-order valence-electron chi connectivity index (χ0n) is 19.0. The lowest BCUT2D eigenvalue weighted by atomic mass is 9.98. The van der Waals surface area contributed by atoms with Gasteiger partial charge in [0.05, 0.1) is 6.04 Å². The second-order valence-electron chi connectivity index (χ2n) is 8.84. The number of rotatable bonds is 8. The van der Waals surface area contributed by atoms with Gasteiger partial charge in [-0.25, -0.2) is 4.79 Å². The molecule has 1 aliphatic heterocycles. The third-order valence-corrected chi connectivity index (χ3v) is 6.65. The van der Waals surface area contributed by atoms with Gasteiger partial charge in [-0.2, -0.15) is 5.10 Å². The molecule has 35 heavy (non-hydrogen) atoms. The van der Waals surface area contributed by atoms with E-state index < -0.39 is 18.1 Å². The first kappa shape index (κ1) is 22.6. The quantitative estimate of drug-likeness (QED) is 0.519. The first-order chi connectivity index (χ1) is 17.0. The molecule has 2 aliphatic rings. The lowest BCUT2D eigenvalue weighted by Gasteiger charge is -2.40. The van der Waals surface area contributed by atoms with Gasteiger partial charge in [-0.1, -0.05) is 48.5 Å². The average molecular weight is 475 g/mol. The highest BCUT2D eigenvalue weighted by atomic mass is 16.5. The van der Waals surface area contributed by atoms with Crippen LogP contribution in [0.5, 0.6) is 0 Å². The number of carbonyl (C=O) groups is 3. The van der Waals surface area contributed by atoms with Gasteiger partial charge in [-0.05, 0) is 34.7 Å². The van der Waals surface area contributed by atoms with Crippen molar-refractivity contribution < 1.29 is 24.2 Å². The lowest BCUT2D eigenvalue weighted by Crippen LogP contribution is -2.57. The molecule has 2 aromatic carbocycles. The van der Waals surface area contributed by atoms with Gasteiger partial charge in [0.25, 0.3) is 0 Å². The van der Waals surface area contributed by atoms with E-state index in [1.807, 2.05) is 48.7 Å². The van der Waals surface area contributed by atoms with E-state index in [0.717, 1.165) is 22.3 Å². The van der Waals surface area contributed by atoms with Gasteiger partial charge in [0.1, 0.15) is 12.6 Å². The smallest absolute Gasteiger partial charge is 0.407 e. The second-order valence-corrected chi connectivity index (χ2v) is 8.84. The first-order valence-electron chi connectivity index (χ1n) is 11.6. The molecule has 1 aromatic heterocycles. The van der Waals surface area contributed by atoms with Crippen LogP contribution in [0.1, 0.15) is 35.9 Å². The Morgan fingerprint density at radius 3 is 2.29 bits per heavy atom. The van der Waals surface area contributed by atoms with Gasteiger partial charge in [0, 0.05) is 37.8 Å².